The van der Waals surface area contributed by atoms with Gasteiger partial charge in [-0.05, 0) is 85.9 Å². The van der Waals surface area contributed by atoms with Crippen LogP contribution in [0.5, 0.6) is 5.75 Å². The van der Waals surface area contributed by atoms with Crippen LogP contribution in [0.2, 0.25) is 0 Å². The first-order valence-corrected chi connectivity index (χ1v) is 27.3. The molecule has 0 aliphatic carbocycles. The van der Waals surface area contributed by atoms with Gasteiger partial charge in [-0.1, -0.05) is 142 Å². The first-order valence-electron chi connectivity index (χ1n) is 25.9. The largest absolute Gasteiger partial charge is 0.493 e. The lowest BCUT2D eigenvalue weighted by Gasteiger charge is -2.42. The van der Waals surface area contributed by atoms with Gasteiger partial charge in [0.15, 0.2) is 5.79 Å². The van der Waals surface area contributed by atoms with Gasteiger partial charge in [-0.25, -0.2) is 9.59 Å². The van der Waals surface area contributed by atoms with Crippen LogP contribution in [-0.4, -0.2) is 99.1 Å². The smallest absolute Gasteiger partial charge is 0.447 e. The van der Waals surface area contributed by atoms with Crippen LogP contribution in [0.1, 0.15) is 203 Å². The summed E-state index contributed by atoms with van der Waals surface area (Å²) < 4.78 is 92.4. The summed E-state index contributed by atoms with van der Waals surface area (Å²) in [4.78, 5) is 43.5. The number of unbranched alkanes of at least 4 members (excludes halogenated alkanes) is 18. The normalized spacial score (nSPS) is 15.3. The zero-order valence-corrected chi connectivity index (χ0v) is 45.3. The van der Waals surface area contributed by atoms with E-state index in [1.54, 1.807) is 79.7 Å². The minimum absolute atomic E-state index is 0.0328. The van der Waals surface area contributed by atoms with Gasteiger partial charge < -0.3 is 33.9 Å². The highest BCUT2D eigenvalue weighted by Crippen LogP contribution is 2.34. The number of alkyl carbamates (subject to hydrolysis) is 1. The molecule has 2 rings (SSSR count). The van der Waals surface area contributed by atoms with Crippen molar-refractivity contribution in [2.75, 3.05) is 39.5 Å². The zero-order valence-electron chi connectivity index (χ0n) is 44.5. The highest BCUT2D eigenvalue weighted by molar-refractivity contribution is 7.88. The summed E-state index contributed by atoms with van der Waals surface area (Å²) in [5.41, 5.74) is -2.34. The van der Waals surface area contributed by atoms with E-state index in [-0.39, 0.29) is 45.4 Å². The molecule has 2 N–H and O–H groups in total. The number of hydrogen-bond acceptors (Lipinski definition) is 11. The summed E-state index contributed by atoms with van der Waals surface area (Å²) >= 11 is 0. The number of amides is 3. The Balaban J connectivity index is 2.14. The molecule has 15 nitrogen and oxygen atoms in total. The molecule has 1 aromatic rings. The molecule has 0 radical (unpaired) electrons. The molecular weight excluding hydrogens is 927 g/mol. The maximum absolute atomic E-state index is 16.0. The van der Waals surface area contributed by atoms with E-state index in [0.717, 1.165) is 56.3 Å². The van der Waals surface area contributed by atoms with E-state index < -0.39 is 62.5 Å². The number of carbonyl (C=O) groups excluding carboxylic acids is 3. The Morgan fingerprint density at radius 3 is 1.57 bits per heavy atom. The first kappa shape index (κ1) is 62.5. The summed E-state index contributed by atoms with van der Waals surface area (Å²) in [7, 11) is -5.78. The molecule has 1 saturated heterocycles. The number of carbonyl (C=O) groups is 3. The van der Waals surface area contributed by atoms with E-state index in [1.165, 1.54) is 64.2 Å². The minimum Gasteiger partial charge on any atom is -0.493 e. The van der Waals surface area contributed by atoms with Crippen LogP contribution in [-0.2, 0) is 44.6 Å². The van der Waals surface area contributed by atoms with Crippen molar-refractivity contribution in [3.63, 3.8) is 0 Å². The monoisotopic (exact) mass is 1020 g/mol. The summed E-state index contributed by atoms with van der Waals surface area (Å²) in [5, 5.41) is 0.485. The number of aliphatic imine (C=N–C) groups is 1. The van der Waals surface area contributed by atoms with Crippen molar-refractivity contribution in [3.8, 4) is 5.75 Å². The molecule has 0 unspecified atom stereocenters. The molecule has 1 heterocycles. The lowest BCUT2D eigenvalue weighted by atomic mass is 9.91. The van der Waals surface area contributed by atoms with E-state index in [9.17, 15) is 22.8 Å². The maximum atomic E-state index is 16.0. The third-order valence-corrected chi connectivity index (χ3v) is 12.8. The summed E-state index contributed by atoms with van der Waals surface area (Å²) in [5.74, 6) is -2.70. The number of rotatable bonds is 32. The van der Waals surface area contributed by atoms with Crippen LogP contribution in [0.4, 0.5) is 18.4 Å². The quantitative estimate of drug-likeness (QED) is 0.0302. The summed E-state index contributed by atoms with van der Waals surface area (Å²) in [6.45, 7) is 16.6. The maximum Gasteiger partial charge on any atom is 0.447 e. The van der Waals surface area contributed by atoms with Gasteiger partial charge in [0, 0.05) is 19.6 Å². The molecule has 18 heteroatoms. The Hall–Kier alpha value is -3.61. The van der Waals surface area contributed by atoms with E-state index >= 15 is 8.78 Å². The summed E-state index contributed by atoms with van der Waals surface area (Å²) in [6.07, 6.45) is 18.9. The van der Waals surface area contributed by atoms with Crippen molar-refractivity contribution in [1.29, 1.82) is 0 Å². The van der Waals surface area contributed by atoms with Gasteiger partial charge in [0.05, 0.1) is 25.2 Å². The highest BCUT2D eigenvalue weighted by atomic mass is 32.2. The van der Waals surface area contributed by atoms with Gasteiger partial charge in [0.2, 0.25) is 5.96 Å². The van der Waals surface area contributed by atoms with E-state index in [1.807, 2.05) is 0 Å². The second-order valence-corrected chi connectivity index (χ2v) is 22.9. The lowest BCUT2D eigenvalue weighted by Crippen LogP contribution is -2.54. The average molecular weight is 1020 g/mol. The fourth-order valence-corrected chi connectivity index (χ4v) is 8.32. The van der Waals surface area contributed by atoms with Gasteiger partial charge in [-0.15, -0.1) is 4.99 Å². The fraction of sp³-hybridized carbons (Fsp3) is 0.808. The second kappa shape index (κ2) is 31.1. The number of nitrogens with zero attached hydrogens (tertiary/aromatic N) is 2. The Morgan fingerprint density at radius 2 is 1.13 bits per heavy atom. The van der Waals surface area contributed by atoms with Crippen LogP contribution >= 0.6 is 0 Å². The van der Waals surface area contributed by atoms with E-state index in [0.29, 0.717) is 24.2 Å². The second-order valence-electron chi connectivity index (χ2n) is 21.2. The fourth-order valence-electron chi connectivity index (χ4n) is 7.42. The van der Waals surface area contributed by atoms with E-state index in [2.05, 4.69) is 29.5 Å². The third-order valence-electron chi connectivity index (χ3n) is 11.5. The number of alkyl halides is 2. The molecule has 0 bridgehead atoms. The van der Waals surface area contributed by atoms with E-state index in [4.69, 9.17) is 27.9 Å². The summed E-state index contributed by atoms with van der Waals surface area (Å²) in [6, 6.07) is 6.62. The van der Waals surface area contributed by atoms with Crippen LogP contribution in [0.3, 0.4) is 0 Å². The average Bonchev–Trinajstić information content (AvgIpc) is 3.27. The molecule has 3 amide bonds. The molecule has 0 atom stereocenters. The number of hydrogen-bond donors (Lipinski definition) is 2. The third kappa shape index (κ3) is 26.2. The predicted octanol–water partition coefficient (Wildman–Crippen LogP) is 12.3. The van der Waals surface area contributed by atoms with Crippen LogP contribution in [0.15, 0.2) is 29.3 Å². The van der Waals surface area contributed by atoms with Crippen molar-refractivity contribution in [2.24, 2.45) is 10.4 Å². The van der Waals surface area contributed by atoms with Crippen molar-refractivity contribution < 1.29 is 59.4 Å². The Labute approximate surface area is 419 Å². The number of benzene rings is 1. The van der Waals surface area contributed by atoms with Crippen molar-refractivity contribution in [1.82, 2.24) is 15.5 Å². The molecule has 0 spiro atoms. The highest BCUT2D eigenvalue weighted by Gasteiger charge is 2.57. The first-order chi connectivity index (χ1) is 32.8. The topological polar surface area (TPSA) is 180 Å². The Bertz CT molecular complexity index is 1780. The van der Waals surface area contributed by atoms with Crippen molar-refractivity contribution in [2.45, 2.75) is 226 Å². The number of ether oxygens (including phenoxy) is 5. The van der Waals surface area contributed by atoms with Gasteiger partial charge >= 0.3 is 33.5 Å². The van der Waals surface area contributed by atoms with Gasteiger partial charge in [0.1, 0.15) is 23.6 Å². The molecule has 70 heavy (non-hydrogen) atoms. The minimum atomic E-state index is -5.78. The van der Waals surface area contributed by atoms with Crippen LogP contribution < -0.4 is 15.4 Å². The predicted molar refractivity (Wildman–Crippen MR) is 270 cm³/mol. The number of guanidine groups is 1. The van der Waals surface area contributed by atoms with Gasteiger partial charge in [-0.3, -0.25) is 14.3 Å². The van der Waals surface area contributed by atoms with Crippen molar-refractivity contribution >= 4 is 34.2 Å². The molecule has 1 aliphatic rings. The number of nitrogens with one attached hydrogen (secondary N) is 2. The SMILES string of the molecule is CCCCCCCCCCCCN(CCCCCCCCCCCC)C(=O)C(F)(F)S(=O)(=O)OCC1(COc2ccc(CN/C(=N\C(=O)OC(C)(C)C)NC(=O)OC(C)(C)C)cc2)COC(C)(C)OC1. The van der Waals surface area contributed by atoms with Gasteiger partial charge in [-0.2, -0.15) is 17.2 Å². The molecule has 0 aromatic heterocycles. The van der Waals surface area contributed by atoms with Crippen LogP contribution in [0, 0.1) is 5.41 Å². The Kier molecular flexibility index (Phi) is 27.8. The molecule has 1 aliphatic heterocycles. The number of halogens is 2. The lowest BCUT2D eigenvalue weighted by molar-refractivity contribution is -0.292. The molecule has 1 aromatic carbocycles. The zero-order chi connectivity index (χ0) is 52.3. The Morgan fingerprint density at radius 1 is 0.686 bits per heavy atom. The molecule has 404 valence electrons. The standard InChI is InChI=1S/C52H90F2N4O11S/c1-11-13-15-17-19-21-23-25-27-29-35-58(36-30-28-26-24-22-20-18-16-14-12-2)44(59)52(53,54)70(62,63)67-41-51(39-65-50(9,10)66-40-51)38-64-43-33-31-42(32-34-43)37-55-45(56-46(60)68-48(3,4)5)57-47(61)69-49(6,7)8/h31-34H,11-30,35-41H2,1-10H3,(H2,55,56,57,60,61). The molecular formula is C52H90F2N4O11S. The van der Waals surface area contributed by atoms with Crippen molar-refractivity contribution in [3.05, 3.63) is 29.8 Å². The molecule has 1 fully saturated rings. The van der Waals surface area contributed by atoms with Crippen LogP contribution in [0.25, 0.3) is 0 Å². The van der Waals surface area contributed by atoms with Gasteiger partial charge in [0.25, 0.3) is 0 Å². The molecule has 0 saturated carbocycles.